The van der Waals surface area contributed by atoms with Crippen molar-refractivity contribution in [2.75, 3.05) is 6.61 Å². The largest absolute Gasteiger partial charge is 0.462 e. The number of rotatable bonds is 4. The first-order valence-corrected chi connectivity index (χ1v) is 6.18. The fourth-order valence-electron chi connectivity index (χ4n) is 1.82. The third-order valence-electron chi connectivity index (χ3n) is 2.84. The maximum Gasteiger partial charge on any atom is 0.341 e. The number of ether oxygens (including phenoxy) is 1. The molecule has 0 aromatic heterocycles. The molecule has 0 radical (unpaired) electrons. The van der Waals surface area contributed by atoms with E-state index in [-0.39, 0.29) is 12.2 Å². The number of carbonyl (C=O) groups is 2. The highest BCUT2D eigenvalue weighted by Crippen LogP contribution is 2.22. The van der Waals surface area contributed by atoms with Crippen molar-refractivity contribution in [1.82, 2.24) is 0 Å². The molecule has 0 atom stereocenters. The molecular formula is C16H13FO3. The zero-order valence-corrected chi connectivity index (χ0v) is 10.9. The molecule has 0 fully saturated rings. The number of hydrogen-bond donors (Lipinski definition) is 0. The van der Waals surface area contributed by atoms with Crippen LogP contribution in [0.3, 0.4) is 0 Å². The molecule has 0 bridgehead atoms. The Balaban J connectivity index is 2.32. The zero-order chi connectivity index (χ0) is 14.5. The summed E-state index contributed by atoms with van der Waals surface area (Å²) >= 11 is 0. The van der Waals surface area contributed by atoms with Gasteiger partial charge < -0.3 is 4.74 Å². The van der Waals surface area contributed by atoms with Gasteiger partial charge in [0.05, 0.1) is 12.2 Å². The summed E-state index contributed by atoms with van der Waals surface area (Å²) in [5, 5.41) is 0. The summed E-state index contributed by atoms with van der Waals surface area (Å²) < 4.78 is 18.7. The van der Waals surface area contributed by atoms with Crippen molar-refractivity contribution in [3.63, 3.8) is 0 Å². The molecule has 0 spiro atoms. The van der Waals surface area contributed by atoms with E-state index in [0.717, 1.165) is 11.8 Å². The van der Waals surface area contributed by atoms with Crippen LogP contribution >= 0.6 is 0 Å². The Kier molecular flexibility index (Phi) is 4.25. The van der Waals surface area contributed by atoms with Crippen molar-refractivity contribution in [3.05, 3.63) is 59.4 Å². The lowest BCUT2D eigenvalue weighted by atomic mass is 10.0. The van der Waals surface area contributed by atoms with E-state index in [4.69, 9.17) is 4.74 Å². The normalized spacial score (nSPS) is 10.1. The number of hydrogen-bond acceptors (Lipinski definition) is 3. The van der Waals surface area contributed by atoms with Crippen molar-refractivity contribution >= 4 is 12.3 Å². The highest BCUT2D eigenvalue weighted by Gasteiger charge is 2.13. The lowest BCUT2D eigenvalue weighted by Crippen LogP contribution is -2.07. The van der Waals surface area contributed by atoms with Gasteiger partial charge in [-0.2, -0.15) is 0 Å². The van der Waals surface area contributed by atoms with Crippen LogP contribution in [0.4, 0.5) is 4.39 Å². The van der Waals surface area contributed by atoms with Crippen LogP contribution in [-0.4, -0.2) is 18.9 Å². The van der Waals surface area contributed by atoms with E-state index in [0.29, 0.717) is 11.1 Å². The van der Waals surface area contributed by atoms with E-state index in [9.17, 15) is 14.0 Å². The summed E-state index contributed by atoms with van der Waals surface area (Å²) in [4.78, 5) is 22.1. The second-order valence-electron chi connectivity index (χ2n) is 4.15. The van der Waals surface area contributed by atoms with Gasteiger partial charge in [0.2, 0.25) is 0 Å². The van der Waals surface area contributed by atoms with Gasteiger partial charge in [0.15, 0.2) is 0 Å². The highest BCUT2D eigenvalue weighted by atomic mass is 19.1. The Morgan fingerprint density at radius 3 is 2.35 bits per heavy atom. The van der Waals surface area contributed by atoms with Crippen LogP contribution in [0.5, 0.6) is 0 Å². The summed E-state index contributed by atoms with van der Waals surface area (Å²) in [6, 6.07) is 11.1. The van der Waals surface area contributed by atoms with Crippen LogP contribution in [0.15, 0.2) is 42.5 Å². The summed E-state index contributed by atoms with van der Waals surface area (Å²) in [5.41, 5.74) is 1.87. The van der Waals surface area contributed by atoms with E-state index < -0.39 is 11.8 Å². The Morgan fingerprint density at radius 2 is 1.80 bits per heavy atom. The van der Waals surface area contributed by atoms with Crippen molar-refractivity contribution in [3.8, 4) is 11.1 Å². The van der Waals surface area contributed by atoms with E-state index >= 15 is 0 Å². The maximum atomic E-state index is 13.9. The van der Waals surface area contributed by atoms with Crippen molar-refractivity contribution in [2.24, 2.45) is 0 Å². The SMILES string of the molecule is CCOC(=O)c1ccc(-c2ccc(C=O)cc2)cc1F. The molecule has 0 aliphatic heterocycles. The van der Waals surface area contributed by atoms with E-state index in [1.54, 1.807) is 37.3 Å². The molecule has 102 valence electrons. The van der Waals surface area contributed by atoms with E-state index in [1.165, 1.54) is 12.1 Å². The molecular weight excluding hydrogens is 259 g/mol. The van der Waals surface area contributed by atoms with Gasteiger partial charge in [0.25, 0.3) is 0 Å². The molecule has 0 saturated heterocycles. The third kappa shape index (κ3) is 2.91. The summed E-state index contributed by atoms with van der Waals surface area (Å²) in [6.45, 7) is 1.87. The average Bonchev–Trinajstić information content (AvgIpc) is 2.47. The third-order valence-corrected chi connectivity index (χ3v) is 2.84. The molecule has 2 aromatic carbocycles. The zero-order valence-electron chi connectivity index (χ0n) is 10.9. The van der Waals surface area contributed by atoms with Gasteiger partial charge in [0.1, 0.15) is 12.1 Å². The van der Waals surface area contributed by atoms with Crippen molar-refractivity contribution < 1.29 is 18.7 Å². The summed E-state index contributed by atoms with van der Waals surface area (Å²) in [5.74, 6) is -1.30. The van der Waals surface area contributed by atoms with Gasteiger partial charge in [0, 0.05) is 5.56 Å². The topological polar surface area (TPSA) is 43.4 Å². The molecule has 20 heavy (non-hydrogen) atoms. The monoisotopic (exact) mass is 272 g/mol. The van der Waals surface area contributed by atoms with Gasteiger partial charge in [-0.05, 0) is 30.2 Å². The number of halogens is 1. The van der Waals surface area contributed by atoms with Crippen LogP contribution in [-0.2, 0) is 4.74 Å². The minimum absolute atomic E-state index is 0.0832. The second-order valence-corrected chi connectivity index (χ2v) is 4.15. The first-order valence-electron chi connectivity index (χ1n) is 6.18. The number of esters is 1. The molecule has 0 heterocycles. The summed E-state index contributed by atoms with van der Waals surface area (Å²) in [6.07, 6.45) is 0.744. The molecule has 4 heteroatoms. The maximum absolute atomic E-state index is 13.9. The molecule has 2 aromatic rings. The predicted molar refractivity (Wildman–Crippen MR) is 73.2 cm³/mol. The molecule has 0 aliphatic rings. The quantitative estimate of drug-likeness (QED) is 0.632. The minimum atomic E-state index is -0.673. The van der Waals surface area contributed by atoms with Crippen molar-refractivity contribution in [2.45, 2.75) is 6.92 Å². The fourth-order valence-corrected chi connectivity index (χ4v) is 1.82. The van der Waals surface area contributed by atoms with Crippen LogP contribution in [0, 0.1) is 5.82 Å². The number of aldehydes is 1. The predicted octanol–water partition coefficient (Wildman–Crippen LogP) is 3.48. The molecule has 3 nitrogen and oxygen atoms in total. The first kappa shape index (κ1) is 13.9. The molecule has 0 N–H and O–H groups in total. The standard InChI is InChI=1S/C16H13FO3/c1-2-20-16(19)14-8-7-13(9-15(14)17)12-5-3-11(10-18)4-6-12/h3-10H,2H2,1H3. The summed E-state index contributed by atoms with van der Waals surface area (Å²) in [7, 11) is 0. The highest BCUT2D eigenvalue weighted by molar-refractivity contribution is 5.90. The average molecular weight is 272 g/mol. The van der Waals surface area contributed by atoms with Gasteiger partial charge in [-0.15, -0.1) is 0 Å². The first-order chi connectivity index (χ1) is 9.65. The van der Waals surface area contributed by atoms with Crippen LogP contribution < -0.4 is 0 Å². The Morgan fingerprint density at radius 1 is 1.15 bits per heavy atom. The lowest BCUT2D eigenvalue weighted by Gasteiger charge is -2.06. The van der Waals surface area contributed by atoms with Crippen LogP contribution in [0.1, 0.15) is 27.6 Å². The molecule has 2 rings (SSSR count). The molecule has 0 unspecified atom stereocenters. The van der Waals surface area contributed by atoms with Crippen LogP contribution in [0.2, 0.25) is 0 Å². The minimum Gasteiger partial charge on any atom is -0.462 e. The van der Waals surface area contributed by atoms with Gasteiger partial charge in [-0.1, -0.05) is 30.3 Å². The van der Waals surface area contributed by atoms with E-state index in [1.807, 2.05) is 0 Å². The van der Waals surface area contributed by atoms with E-state index in [2.05, 4.69) is 0 Å². The van der Waals surface area contributed by atoms with Crippen LogP contribution in [0.25, 0.3) is 11.1 Å². The second kappa shape index (κ2) is 6.10. The van der Waals surface area contributed by atoms with Gasteiger partial charge >= 0.3 is 5.97 Å². The Hall–Kier alpha value is -2.49. The van der Waals surface area contributed by atoms with Crippen molar-refractivity contribution in [1.29, 1.82) is 0 Å². The Labute approximate surface area is 116 Å². The molecule has 0 aliphatic carbocycles. The number of benzene rings is 2. The lowest BCUT2D eigenvalue weighted by molar-refractivity contribution is 0.0521. The Bertz CT molecular complexity index is 633. The molecule has 0 saturated carbocycles. The molecule has 0 amide bonds. The van der Waals surface area contributed by atoms with Gasteiger partial charge in [-0.25, -0.2) is 9.18 Å². The number of carbonyl (C=O) groups excluding carboxylic acids is 2. The smallest absolute Gasteiger partial charge is 0.341 e. The fraction of sp³-hybridized carbons (Fsp3) is 0.125. The van der Waals surface area contributed by atoms with Gasteiger partial charge in [-0.3, -0.25) is 4.79 Å².